The zero-order chi connectivity index (χ0) is 11.1. The maximum Gasteiger partial charge on any atom is 0.306 e. The molecule has 84 valence electrons. The van der Waals surface area contributed by atoms with Crippen LogP contribution in [0.3, 0.4) is 0 Å². The molecular formula is C9H15N3O3. The maximum absolute atomic E-state index is 10.4. The van der Waals surface area contributed by atoms with Crippen LogP contribution >= 0.6 is 0 Å². The highest BCUT2D eigenvalue weighted by atomic mass is 16.6. The third-order valence-electron chi connectivity index (χ3n) is 1.94. The summed E-state index contributed by atoms with van der Waals surface area (Å²) < 4.78 is 6.83. The first kappa shape index (κ1) is 11.6. The second-order valence-corrected chi connectivity index (χ2v) is 3.18. The highest BCUT2D eigenvalue weighted by molar-refractivity contribution is 5.20. The Balaban J connectivity index is 2.23. The van der Waals surface area contributed by atoms with Crippen molar-refractivity contribution in [2.24, 2.45) is 0 Å². The summed E-state index contributed by atoms with van der Waals surface area (Å²) in [6, 6.07) is 0. The van der Waals surface area contributed by atoms with Crippen molar-refractivity contribution in [3.05, 3.63) is 22.5 Å². The number of ether oxygens (including phenoxy) is 1. The first-order chi connectivity index (χ1) is 7.24. The second kappa shape index (κ2) is 6.13. The number of unbranched alkanes of at least 4 members (excludes halogenated alkanes) is 1. The van der Waals surface area contributed by atoms with Gasteiger partial charge in [-0.15, -0.1) is 0 Å². The normalized spacial score (nSPS) is 10.5. The fraction of sp³-hybridized carbons (Fsp3) is 0.667. The number of hydrogen-bond donors (Lipinski definition) is 0. The first-order valence-corrected chi connectivity index (χ1v) is 4.98. The van der Waals surface area contributed by atoms with Crippen LogP contribution in [-0.4, -0.2) is 27.9 Å². The monoisotopic (exact) mass is 213 g/mol. The third-order valence-corrected chi connectivity index (χ3v) is 1.94. The maximum atomic E-state index is 10.4. The van der Waals surface area contributed by atoms with Crippen molar-refractivity contribution in [2.75, 3.05) is 13.2 Å². The average molecular weight is 213 g/mol. The number of rotatable bonds is 7. The van der Waals surface area contributed by atoms with E-state index >= 15 is 0 Å². The Morgan fingerprint density at radius 2 is 2.40 bits per heavy atom. The van der Waals surface area contributed by atoms with E-state index in [0.717, 1.165) is 19.4 Å². The van der Waals surface area contributed by atoms with Crippen molar-refractivity contribution >= 4 is 5.69 Å². The average Bonchev–Trinajstić information content (AvgIpc) is 2.66. The summed E-state index contributed by atoms with van der Waals surface area (Å²) in [5, 5.41) is 14.2. The van der Waals surface area contributed by atoms with Crippen molar-refractivity contribution in [1.82, 2.24) is 9.78 Å². The minimum absolute atomic E-state index is 0.0172. The van der Waals surface area contributed by atoms with E-state index in [0.29, 0.717) is 13.2 Å². The fourth-order valence-electron chi connectivity index (χ4n) is 1.08. The molecule has 0 aliphatic rings. The lowest BCUT2D eigenvalue weighted by atomic mass is 10.4. The minimum atomic E-state index is -0.457. The van der Waals surface area contributed by atoms with E-state index in [1.807, 2.05) is 0 Å². The van der Waals surface area contributed by atoms with Gasteiger partial charge >= 0.3 is 5.69 Å². The molecule has 0 amide bonds. The molecule has 0 aliphatic heterocycles. The van der Waals surface area contributed by atoms with Crippen LogP contribution in [0.15, 0.2) is 12.4 Å². The highest BCUT2D eigenvalue weighted by Gasteiger charge is 2.07. The van der Waals surface area contributed by atoms with Crippen LogP contribution in [0.5, 0.6) is 0 Å². The van der Waals surface area contributed by atoms with Gasteiger partial charge in [-0.2, -0.15) is 5.10 Å². The molecule has 1 heterocycles. The number of hydrogen-bond acceptors (Lipinski definition) is 4. The molecule has 0 unspecified atom stereocenters. The summed E-state index contributed by atoms with van der Waals surface area (Å²) in [5.41, 5.74) is 0.0172. The molecule has 6 heteroatoms. The van der Waals surface area contributed by atoms with Crippen molar-refractivity contribution in [3.63, 3.8) is 0 Å². The summed E-state index contributed by atoms with van der Waals surface area (Å²) in [4.78, 5) is 9.89. The lowest BCUT2D eigenvalue weighted by Crippen LogP contribution is -2.06. The molecule has 0 bridgehead atoms. The van der Waals surface area contributed by atoms with Gasteiger partial charge in [0.15, 0.2) is 0 Å². The lowest BCUT2D eigenvalue weighted by Gasteiger charge is -2.02. The molecule has 1 aromatic heterocycles. The molecule has 0 saturated carbocycles. The van der Waals surface area contributed by atoms with Crippen molar-refractivity contribution < 1.29 is 9.66 Å². The molecular weight excluding hydrogens is 198 g/mol. The van der Waals surface area contributed by atoms with Gasteiger partial charge in [-0.25, -0.2) is 0 Å². The lowest BCUT2D eigenvalue weighted by molar-refractivity contribution is -0.385. The third kappa shape index (κ3) is 4.07. The largest absolute Gasteiger partial charge is 0.380 e. The summed E-state index contributed by atoms with van der Waals surface area (Å²) in [6.07, 6.45) is 4.79. The standard InChI is InChI=1S/C9H15N3O3/c1-2-3-5-15-6-4-11-8-9(7-10-11)12(13)14/h7-8H,2-6H2,1H3. The van der Waals surface area contributed by atoms with Gasteiger partial charge in [0.2, 0.25) is 0 Å². The Kier molecular flexibility index (Phi) is 4.76. The number of aromatic nitrogens is 2. The van der Waals surface area contributed by atoms with Crippen molar-refractivity contribution in [3.8, 4) is 0 Å². The Hall–Kier alpha value is -1.43. The van der Waals surface area contributed by atoms with E-state index < -0.39 is 4.92 Å². The van der Waals surface area contributed by atoms with Crippen LogP contribution in [-0.2, 0) is 11.3 Å². The Morgan fingerprint density at radius 3 is 3.00 bits per heavy atom. The molecule has 0 aromatic carbocycles. The summed E-state index contributed by atoms with van der Waals surface area (Å²) >= 11 is 0. The quantitative estimate of drug-likeness (QED) is 0.392. The van der Waals surface area contributed by atoms with E-state index in [9.17, 15) is 10.1 Å². The zero-order valence-electron chi connectivity index (χ0n) is 8.76. The smallest absolute Gasteiger partial charge is 0.306 e. The number of nitro groups is 1. The summed E-state index contributed by atoms with van der Waals surface area (Å²) in [7, 11) is 0. The van der Waals surface area contributed by atoms with E-state index in [1.54, 1.807) is 0 Å². The van der Waals surface area contributed by atoms with Crippen LogP contribution in [0.4, 0.5) is 5.69 Å². The fourth-order valence-corrected chi connectivity index (χ4v) is 1.08. The number of nitrogens with zero attached hydrogens (tertiary/aromatic N) is 3. The molecule has 0 atom stereocenters. The van der Waals surface area contributed by atoms with Gasteiger partial charge in [-0.05, 0) is 6.42 Å². The van der Waals surface area contributed by atoms with Crippen LogP contribution in [0.2, 0.25) is 0 Å². The Morgan fingerprint density at radius 1 is 1.60 bits per heavy atom. The molecule has 0 fully saturated rings. The van der Waals surface area contributed by atoms with E-state index in [4.69, 9.17) is 4.74 Å². The predicted molar refractivity (Wildman–Crippen MR) is 54.6 cm³/mol. The Labute approximate surface area is 88.0 Å². The molecule has 0 aliphatic carbocycles. The van der Waals surface area contributed by atoms with Crippen LogP contribution in [0.25, 0.3) is 0 Å². The van der Waals surface area contributed by atoms with Crippen LogP contribution in [0, 0.1) is 10.1 Å². The SMILES string of the molecule is CCCCOCCn1cc([N+](=O)[O-])cn1. The van der Waals surface area contributed by atoms with Gasteiger partial charge in [0.1, 0.15) is 12.4 Å². The predicted octanol–water partition coefficient (Wildman–Crippen LogP) is 1.61. The van der Waals surface area contributed by atoms with Crippen molar-refractivity contribution in [1.29, 1.82) is 0 Å². The van der Waals surface area contributed by atoms with E-state index in [1.165, 1.54) is 17.1 Å². The summed E-state index contributed by atoms with van der Waals surface area (Å²) in [6.45, 7) is 3.93. The van der Waals surface area contributed by atoms with E-state index in [2.05, 4.69) is 12.0 Å². The van der Waals surface area contributed by atoms with Gasteiger partial charge in [-0.1, -0.05) is 13.3 Å². The van der Waals surface area contributed by atoms with Crippen LogP contribution in [0.1, 0.15) is 19.8 Å². The molecule has 1 rings (SSSR count). The van der Waals surface area contributed by atoms with Gasteiger partial charge in [-0.3, -0.25) is 14.8 Å². The van der Waals surface area contributed by atoms with Gasteiger partial charge in [0.25, 0.3) is 0 Å². The van der Waals surface area contributed by atoms with Gasteiger partial charge in [0.05, 0.1) is 18.1 Å². The summed E-state index contributed by atoms with van der Waals surface area (Å²) in [5.74, 6) is 0. The van der Waals surface area contributed by atoms with Crippen LogP contribution < -0.4 is 0 Å². The van der Waals surface area contributed by atoms with E-state index in [-0.39, 0.29) is 5.69 Å². The molecule has 0 saturated heterocycles. The van der Waals surface area contributed by atoms with Gasteiger partial charge in [0, 0.05) is 6.61 Å². The zero-order valence-corrected chi connectivity index (χ0v) is 8.76. The Bertz CT molecular complexity index is 311. The highest BCUT2D eigenvalue weighted by Crippen LogP contribution is 2.07. The topological polar surface area (TPSA) is 70.2 Å². The molecule has 6 nitrogen and oxygen atoms in total. The van der Waals surface area contributed by atoms with Gasteiger partial charge < -0.3 is 4.74 Å². The molecule has 15 heavy (non-hydrogen) atoms. The molecule has 0 radical (unpaired) electrons. The molecule has 0 N–H and O–H groups in total. The molecule has 0 spiro atoms. The minimum Gasteiger partial charge on any atom is -0.380 e. The van der Waals surface area contributed by atoms with Crippen molar-refractivity contribution in [2.45, 2.75) is 26.3 Å². The second-order valence-electron chi connectivity index (χ2n) is 3.18. The first-order valence-electron chi connectivity index (χ1n) is 4.98. The molecule has 1 aromatic rings.